The summed E-state index contributed by atoms with van der Waals surface area (Å²) in [5, 5.41) is 10.7. The summed E-state index contributed by atoms with van der Waals surface area (Å²) in [6.07, 6.45) is 61.0. The molecule has 0 heterocycles. The van der Waals surface area contributed by atoms with Crippen LogP contribution in [0.3, 0.4) is 0 Å². The lowest BCUT2D eigenvalue weighted by molar-refractivity contribution is -0.161. The highest BCUT2D eigenvalue weighted by Gasteiger charge is 2.30. The molecular formula is C84H164O17P2. The molecule has 0 aromatic carbocycles. The molecule has 0 aromatic heterocycles. The Balaban J connectivity index is 5.24. The number of carbonyl (C=O) groups is 4. The minimum Gasteiger partial charge on any atom is -0.462 e. The van der Waals surface area contributed by atoms with Crippen LogP contribution in [0.25, 0.3) is 0 Å². The summed E-state index contributed by atoms with van der Waals surface area (Å²) in [7, 11) is -9.93. The molecule has 0 aliphatic rings. The van der Waals surface area contributed by atoms with Crippen LogP contribution < -0.4 is 0 Å². The fraction of sp³-hybridized carbons (Fsp3) is 0.952. The van der Waals surface area contributed by atoms with Crippen molar-refractivity contribution < 1.29 is 80.2 Å². The average molecular weight is 1510 g/mol. The Kier molecular flexibility index (Phi) is 71.5. The van der Waals surface area contributed by atoms with E-state index in [-0.39, 0.29) is 25.7 Å². The summed E-state index contributed by atoms with van der Waals surface area (Å²) in [6, 6.07) is 0. The van der Waals surface area contributed by atoms with Crippen molar-refractivity contribution in [2.24, 2.45) is 23.7 Å². The standard InChI is InChI=1S/C84H164O17P2/c1-9-76(7)62-54-46-38-30-22-17-15-13-11-12-14-16-18-24-33-42-50-58-66-83(88)100-79(70-94-81(86)64-56-48-40-32-23-20-19-21-28-36-44-52-60-74(3)4)72-98-102(90,91)96-68-78(85)69-97-103(92,93)99-73-80(71-95-82(87)65-57-49-41-35-27-29-37-45-53-61-75(5)6)101-84(89)67-59-51-43-34-26-25-31-39-47-55-63-77(8)10-2/h74-80,85H,9-73H2,1-8H3,(H,90,91)(H,92,93)/t76?,77?,78-,79-,80-/m1/s1. The monoisotopic (exact) mass is 1510 g/mol. The quantitative estimate of drug-likeness (QED) is 0.0222. The number of hydrogen-bond acceptors (Lipinski definition) is 15. The Bertz CT molecular complexity index is 2010. The molecule has 0 saturated carbocycles. The topological polar surface area (TPSA) is 237 Å². The Morgan fingerprint density at radius 2 is 0.466 bits per heavy atom. The van der Waals surface area contributed by atoms with Crippen LogP contribution in [-0.2, 0) is 65.4 Å². The zero-order chi connectivity index (χ0) is 76.0. The van der Waals surface area contributed by atoms with Crippen molar-refractivity contribution in [1.29, 1.82) is 0 Å². The van der Waals surface area contributed by atoms with E-state index < -0.39 is 97.5 Å². The molecule has 0 aliphatic heterocycles. The predicted molar refractivity (Wildman–Crippen MR) is 423 cm³/mol. The highest BCUT2D eigenvalue weighted by molar-refractivity contribution is 7.47. The second-order valence-corrected chi connectivity index (χ2v) is 34.6. The van der Waals surface area contributed by atoms with E-state index in [0.717, 1.165) is 114 Å². The van der Waals surface area contributed by atoms with Gasteiger partial charge in [0, 0.05) is 25.7 Å². The van der Waals surface area contributed by atoms with E-state index in [4.69, 9.17) is 37.0 Å². The van der Waals surface area contributed by atoms with Gasteiger partial charge in [-0.2, -0.15) is 0 Å². The molecule has 612 valence electrons. The molecule has 0 saturated heterocycles. The van der Waals surface area contributed by atoms with E-state index in [0.29, 0.717) is 25.7 Å². The second kappa shape index (κ2) is 72.9. The summed E-state index contributed by atoms with van der Waals surface area (Å²) in [4.78, 5) is 73.2. The molecule has 0 aromatic rings. The van der Waals surface area contributed by atoms with Crippen LogP contribution in [0.15, 0.2) is 0 Å². The molecule has 0 fully saturated rings. The van der Waals surface area contributed by atoms with Gasteiger partial charge in [-0.1, -0.05) is 383 Å². The molecule has 0 spiro atoms. The number of phosphoric acid groups is 2. The van der Waals surface area contributed by atoms with Crippen LogP contribution >= 0.6 is 15.6 Å². The van der Waals surface area contributed by atoms with Gasteiger partial charge in [0.1, 0.15) is 19.3 Å². The third kappa shape index (κ3) is 75.3. The van der Waals surface area contributed by atoms with E-state index in [1.54, 1.807) is 0 Å². The van der Waals surface area contributed by atoms with E-state index >= 15 is 0 Å². The van der Waals surface area contributed by atoms with Crippen molar-refractivity contribution in [2.45, 2.75) is 453 Å². The van der Waals surface area contributed by atoms with Gasteiger partial charge in [-0.25, -0.2) is 9.13 Å². The van der Waals surface area contributed by atoms with Crippen molar-refractivity contribution in [2.75, 3.05) is 39.6 Å². The van der Waals surface area contributed by atoms with Gasteiger partial charge in [-0.3, -0.25) is 37.3 Å². The summed E-state index contributed by atoms with van der Waals surface area (Å²) in [5.74, 6) is 1.09. The van der Waals surface area contributed by atoms with Gasteiger partial charge in [-0.05, 0) is 49.4 Å². The third-order valence-electron chi connectivity index (χ3n) is 20.3. The SMILES string of the molecule is CCC(C)CCCCCCCCCCCCCCCCCCCCC(=O)O[C@H](COC(=O)CCCCCCCCCCCCCCC(C)C)COP(=O)(O)OC[C@@H](O)COP(=O)(O)OC[C@@H](COC(=O)CCCCCCCCCCCC(C)C)OC(=O)CCCCCCCCCCCCC(C)CC. The first-order valence-corrected chi connectivity index (χ1v) is 46.3. The summed E-state index contributed by atoms with van der Waals surface area (Å²) in [6.45, 7) is 14.3. The molecule has 0 radical (unpaired) electrons. The molecule has 17 nitrogen and oxygen atoms in total. The van der Waals surface area contributed by atoms with E-state index in [9.17, 15) is 43.2 Å². The highest BCUT2D eigenvalue weighted by atomic mass is 31.2. The van der Waals surface area contributed by atoms with Crippen molar-refractivity contribution in [3.8, 4) is 0 Å². The summed E-state index contributed by atoms with van der Waals surface area (Å²) >= 11 is 0. The first-order chi connectivity index (χ1) is 49.7. The van der Waals surface area contributed by atoms with Gasteiger partial charge in [0.15, 0.2) is 12.2 Å². The maximum atomic E-state index is 13.1. The first kappa shape index (κ1) is 101. The van der Waals surface area contributed by atoms with Gasteiger partial charge in [0.25, 0.3) is 0 Å². The zero-order valence-electron chi connectivity index (χ0n) is 68.0. The molecule has 0 rings (SSSR count). The van der Waals surface area contributed by atoms with Gasteiger partial charge in [-0.15, -0.1) is 0 Å². The average Bonchev–Trinajstić information content (AvgIpc) is 0.936. The smallest absolute Gasteiger partial charge is 0.462 e. The lowest BCUT2D eigenvalue weighted by Crippen LogP contribution is -2.30. The number of ether oxygens (including phenoxy) is 4. The van der Waals surface area contributed by atoms with Crippen molar-refractivity contribution >= 4 is 39.5 Å². The number of phosphoric ester groups is 2. The largest absolute Gasteiger partial charge is 0.472 e. The van der Waals surface area contributed by atoms with Crippen LogP contribution in [-0.4, -0.2) is 96.7 Å². The Labute approximate surface area is 632 Å². The molecule has 7 atom stereocenters. The van der Waals surface area contributed by atoms with Crippen LogP contribution in [0.2, 0.25) is 0 Å². The lowest BCUT2D eigenvalue weighted by atomic mass is 9.99. The van der Waals surface area contributed by atoms with E-state index in [1.807, 2.05) is 0 Å². The van der Waals surface area contributed by atoms with Gasteiger partial charge >= 0.3 is 39.5 Å². The molecule has 0 aliphatic carbocycles. The van der Waals surface area contributed by atoms with Gasteiger partial charge < -0.3 is 33.8 Å². The molecule has 3 N–H and O–H groups in total. The number of esters is 4. The van der Waals surface area contributed by atoms with Crippen LogP contribution in [0.1, 0.15) is 434 Å². The van der Waals surface area contributed by atoms with Gasteiger partial charge in [0.05, 0.1) is 26.4 Å². The van der Waals surface area contributed by atoms with Crippen LogP contribution in [0.5, 0.6) is 0 Å². The maximum Gasteiger partial charge on any atom is 0.472 e. The fourth-order valence-electron chi connectivity index (χ4n) is 12.9. The predicted octanol–water partition coefficient (Wildman–Crippen LogP) is 25.2. The Morgan fingerprint density at radius 1 is 0.272 bits per heavy atom. The maximum absolute atomic E-state index is 13.1. The fourth-order valence-corrected chi connectivity index (χ4v) is 14.5. The number of aliphatic hydroxyl groups is 1. The number of unbranched alkanes of at least 4 members (excludes halogenated alkanes) is 45. The van der Waals surface area contributed by atoms with E-state index in [2.05, 4.69) is 55.4 Å². The Hall–Kier alpha value is -1.94. The minimum absolute atomic E-state index is 0.106. The van der Waals surface area contributed by atoms with Crippen molar-refractivity contribution in [3.63, 3.8) is 0 Å². The highest BCUT2D eigenvalue weighted by Crippen LogP contribution is 2.45. The lowest BCUT2D eigenvalue weighted by Gasteiger charge is -2.21. The molecule has 4 unspecified atom stereocenters. The summed E-state index contributed by atoms with van der Waals surface area (Å²) in [5.41, 5.74) is 0. The first-order valence-electron chi connectivity index (χ1n) is 43.3. The van der Waals surface area contributed by atoms with Crippen molar-refractivity contribution in [3.05, 3.63) is 0 Å². The van der Waals surface area contributed by atoms with Gasteiger partial charge in [0.2, 0.25) is 0 Å². The molecule has 0 amide bonds. The normalized spacial score (nSPS) is 14.5. The van der Waals surface area contributed by atoms with Crippen LogP contribution in [0.4, 0.5) is 0 Å². The molecule has 0 bridgehead atoms. The number of carbonyl (C=O) groups excluding carboxylic acids is 4. The number of rotatable bonds is 81. The summed E-state index contributed by atoms with van der Waals surface area (Å²) < 4.78 is 68.8. The molecule has 19 heteroatoms. The zero-order valence-corrected chi connectivity index (χ0v) is 69.7. The molecular weight excluding hydrogens is 1340 g/mol. The second-order valence-electron chi connectivity index (χ2n) is 31.7. The minimum atomic E-state index is -4.97. The van der Waals surface area contributed by atoms with E-state index in [1.165, 1.54) is 238 Å². The van der Waals surface area contributed by atoms with Crippen LogP contribution in [0, 0.1) is 23.7 Å². The third-order valence-corrected chi connectivity index (χ3v) is 22.2. The van der Waals surface area contributed by atoms with Crippen molar-refractivity contribution in [1.82, 2.24) is 0 Å². The Morgan fingerprint density at radius 3 is 0.689 bits per heavy atom. The number of hydrogen-bond donors (Lipinski definition) is 3. The number of aliphatic hydroxyl groups excluding tert-OH is 1. The molecule has 103 heavy (non-hydrogen) atoms.